The number of aromatic nitrogens is 1. The zero-order valence-electron chi connectivity index (χ0n) is 10.3. The number of carbonyl (C=O) groups excluding carboxylic acids is 1. The molecule has 4 nitrogen and oxygen atoms in total. The fourth-order valence-electron chi connectivity index (χ4n) is 1.68. The first-order chi connectivity index (χ1) is 9.16. The Morgan fingerprint density at radius 1 is 1.26 bits per heavy atom. The van der Waals surface area contributed by atoms with Crippen molar-refractivity contribution in [2.75, 3.05) is 11.1 Å². The second-order valence-electron chi connectivity index (χ2n) is 4.08. The summed E-state index contributed by atoms with van der Waals surface area (Å²) in [4.78, 5) is 15.9. The van der Waals surface area contributed by atoms with Crippen LogP contribution in [0.3, 0.4) is 0 Å². The van der Waals surface area contributed by atoms with Gasteiger partial charge in [0, 0.05) is 18.3 Å². The number of para-hydroxylation sites is 1. The van der Waals surface area contributed by atoms with Crippen molar-refractivity contribution in [1.29, 1.82) is 0 Å². The normalized spacial score (nSPS) is 10.2. The molecule has 5 heteroatoms. The summed E-state index contributed by atoms with van der Waals surface area (Å²) in [6, 6.07) is 11.2. The number of halogens is 1. The Kier molecular flexibility index (Phi) is 4.52. The number of nitrogen functional groups attached to an aromatic ring is 1. The number of carbonyl (C=O) groups is 1. The molecule has 1 amide bonds. The number of pyridine rings is 1. The first-order valence-electron chi connectivity index (χ1n) is 5.90. The molecule has 2 rings (SSSR count). The van der Waals surface area contributed by atoms with Crippen LogP contribution in [0.5, 0.6) is 0 Å². The van der Waals surface area contributed by atoms with Crippen molar-refractivity contribution in [3.63, 3.8) is 0 Å². The minimum atomic E-state index is -0.0809. The van der Waals surface area contributed by atoms with E-state index < -0.39 is 0 Å². The SMILES string of the molecule is Nc1ccccc1CCC(=O)Nc1ncccc1Br. The van der Waals surface area contributed by atoms with Gasteiger partial charge in [-0.15, -0.1) is 0 Å². The molecule has 3 N–H and O–H groups in total. The third-order valence-electron chi connectivity index (χ3n) is 2.69. The smallest absolute Gasteiger partial charge is 0.225 e. The van der Waals surface area contributed by atoms with E-state index in [4.69, 9.17) is 5.73 Å². The van der Waals surface area contributed by atoms with Crippen molar-refractivity contribution in [3.8, 4) is 0 Å². The number of amides is 1. The van der Waals surface area contributed by atoms with Crippen molar-refractivity contribution >= 4 is 33.3 Å². The Hall–Kier alpha value is -1.88. The van der Waals surface area contributed by atoms with Crippen LogP contribution in [-0.4, -0.2) is 10.9 Å². The lowest BCUT2D eigenvalue weighted by molar-refractivity contribution is -0.116. The molecule has 0 aliphatic carbocycles. The van der Waals surface area contributed by atoms with E-state index >= 15 is 0 Å². The second kappa shape index (κ2) is 6.33. The molecular weight excluding hydrogens is 306 g/mol. The number of aryl methyl sites for hydroxylation is 1. The number of anilines is 2. The molecule has 0 aliphatic heterocycles. The summed E-state index contributed by atoms with van der Waals surface area (Å²) in [5.41, 5.74) is 7.53. The van der Waals surface area contributed by atoms with Crippen molar-refractivity contribution in [1.82, 2.24) is 4.98 Å². The lowest BCUT2D eigenvalue weighted by Crippen LogP contribution is -2.14. The largest absolute Gasteiger partial charge is 0.399 e. The Bertz CT molecular complexity index is 586. The lowest BCUT2D eigenvalue weighted by atomic mass is 10.1. The second-order valence-corrected chi connectivity index (χ2v) is 4.94. The summed E-state index contributed by atoms with van der Waals surface area (Å²) in [7, 11) is 0. The monoisotopic (exact) mass is 319 g/mol. The summed E-state index contributed by atoms with van der Waals surface area (Å²) in [5.74, 6) is 0.455. The number of nitrogens with two attached hydrogens (primary N) is 1. The van der Waals surface area contributed by atoms with E-state index in [-0.39, 0.29) is 5.91 Å². The molecule has 1 heterocycles. The van der Waals surface area contributed by atoms with Crippen LogP contribution in [-0.2, 0) is 11.2 Å². The number of nitrogens with one attached hydrogen (secondary N) is 1. The highest BCUT2D eigenvalue weighted by Crippen LogP contribution is 2.19. The summed E-state index contributed by atoms with van der Waals surface area (Å²) in [6.07, 6.45) is 2.62. The Labute approximate surface area is 120 Å². The molecule has 0 unspecified atom stereocenters. The minimum Gasteiger partial charge on any atom is -0.399 e. The number of hydrogen-bond donors (Lipinski definition) is 2. The summed E-state index contributed by atoms with van der Waals surface area (Å²) in [6.45, 7) is 0. The molecular formula is C14H14BrN3O. The fourth-order valence-corrected chi connectivity index (χ4v) is 2.04. The number of benzene rings is 1. The van der Waals surface area contributed by atoms with Crippen molar-refractivity contribution in [2.24, 2.45) is 0 Å². The molecule has 0 saturated carbocycles. The molecule has 0 atom stereocenters. The van der Waals surface area contributed by atoms with Gasteiger partial charge in [-0.05, 0) is 46.1 Å². The van der Waals surface area contributed by atoms with E-state index in [1.807, 2.05) is 30.3 Å². The third-order valence-corrected chi connectivity index (χ3v) is 3.33. The number of rotatable bonds is 4. The average Bonchev–Trinajstić information content (AvgIpc) is 2.40. The van der Waals surface area contributed by atoms with Crippen LogP contribution in [0.4, 0.5) is 11.5 Å². The average molecular weight is 320 g/mol. The maximum absolute atomic E-state index is 11.8. The number of hydrogen-bond acceptors (Lipinski definition) is 3. The predicted octanol–water partition coefficient (Wildman–Crippen LogP) is 3.00. The maximum Gasteiger partial charge on any atom is 0.225 e. The first kappa shape index (κ1) is 13.5. The molecule has 1 aromatic carbocycles. The topological polar surface area (TPSA) is 68.0 Å². The summed E-state index contributed by atoms with van der Waals surface area (Å²) < 4.78 is 0.766. The van der Waals surface area contributed by atoms with E-state index in [1.54, 1.807) is 12.3 Å². The van der Waals surface area contributed by atoms with Gasteiger partial charge in [0.25, 0.3) is 0 Å². The van der Waals surface area contributed by atoms with Crippen molar-refractivity contribution < 1.29 is 4.79 Å². The predicted molar refractivity (Wildman–Crippen MR) is 79.7 cm³/mol. The van der Waals surface area contributed by atoms with Crippen LogP contribution in [0.15, 0.2) is 47.1 Å². The van der Waals surface area contributed by atoms with E-state index in [9.17, 15) is 4.79 Å². The van der Waals surface area contributed by atoms with Gasteiger partial charge in [-0.1, -0.05) is 18.2 Å². The third kappa shape index (κ3) is 3.79. The molecule has 0 aliphatic rings. The Morgan fingerprint density at radius 3 is 2.79 bits per heavy atom. The quantitative estimate of drug-likeness (QED) is 0.851. The zero-order chi connectivity index (χ0) is 13.7. The van der Waals surface area contributed by atoms with Gasteiger partial charge in [0.05, 0.1) is 4.47 Å². The van der Waals surface area contributed by atoms with Crippen molar-refractivity contribution in [2.45, 2.75) is 12.8 Å². The Morgan fingerprint density at radius 2 is 2.05 bits per heavy atom. The van der Waals surface area contributed by atoms with Gasteiger partial charge >= 0.3 is 0 Å². The van der Waals surface area contributed by atoms with Gasteiger partial charge in [-0.2, -0.15) is 0 Å². The maximum atomic E-state index is 11.8. The molecule has 98 valence electrons. The van der Waals surface area contributed by atoms with Crippen LogP contribution < -0.4 is 11.1 Å². The van der Waals surface area contributed by atoms with E-state index in [1.165, 1.54) is 0 Å². The van der Waals surface area contributed by atoms with Gasteiger partial charge in [0.2, 0.25) is 5.91 Å². The molecule has 1 aromatic heterocycles. The van der Waals surface area contributed by atoms with Crippen LogP contribution >= 0.6 is 15.9 Å². The molecule has 0 saturated heterocycles. The highest BCUT2D eigenvalue weighted by molar-refractivity contribution is 9.10. The van der Waals surface area contributed by atoms with Crippen LogP contribution in [0.2, 0.25) is 0 Å². The molecule has 0 fully saturated rings. The Balaban J connectivity index is 1.92. The highest BCUT2D eigenvalue weighted by atomic mass is 79.9. The van der Waals surface area contributed by atoms with Gasteiger partial charge in [-0.3, -0.25) is 4.79 Å². The van der Waals surface area contributed by atoms with Gasteiger partial charge < -0.3 is 11.1 Å². The van der Waals surface area contributed by atoms with Gasteiger partial charge in [-0.25, -0.2) is 4.98 Å². The molecule has 0 bridgehead atoms. The van der Waals surface area contributed by atoms with Gasteiger partial charge in [0.15, 0.2) is 0 Å². The standard InChI is InChI=1S/C14H14BrN3O/c15-11-5-3-9-17-14(11)18-13(19)8-7-10-4-1-2-6-12(10)16/h1-6,9H,7-8,16H2,(H,17,18,19). The highest BCUT2D eigenvalue weighted by Gasteiger charge is 2.07. The van der Waals surface area contributed by atoms with E-state index in [2.05, 4.69) is 26.2 Å². The van der Waals surface area contributed by atoms with Crippen LogP contribution in [0, 0.1) is 0 Å². The molecule has 2 aromatic rings. The summed E-state index contributed by atoms with van der Waals surface area (Å²) in [5, 5.41) is 2.76. The van der Waals surface area contributed by atoms with Crippen LogP contribution in [0.1, 0.15) is 12.0 Å². The minimum absolute atomic E-state index is 0.0809. The molecule has 0 radical (unpaired) electrons. The summed E-state index contributed by atoms with van der Waals surface area (Å²) >= 11 is 3.34. The van der Waals surface area contributed by atoms with Crippen LogP contribution in [0.25, 0.3) is 0 Å². The molecule has 19 heavy (non-hydrogen) atoms. The lowest BCUT2D eigenvalue weighted by Gasteiger charge is -2.07. The molecule has 0 spiro atoms. The van der Waals surface area contributed by atoms with E-state index in [0.29, 0.717) is 24.3 Å². The fraction of sp³-hybridized carbons (Fsp3) is 0.143. The van der Waals surface area contributed by atoms with E-state index in [0.717, 1.165) is 10.0 Å². The zero-order valence-corrected chi connectivity index (χ0v) is 11.9. The first-order valence-corrected chi connectivity index (χ1v) is 6.70. The van der Waals surface area contributed by atoms with Gasteiger partial charge in [0.1, 0.15) is 5.82 Å². The van der Waals surface area contributed by atoms with Crippen molar-refractivity contribution in [3.05, 3.63) is 52.6 Å². The number of nitrogens with zero attached hydrogens (tertiary/aromatic N) is 1.